The highest BCUT2D eigenvalue weighted by Crippen LogP contribution is 2.57. The first-order valence-electron chi connectivity index (χ1n) is 15.5. The predicted octanol–water partition coefficient (Wildman–Crippen LogP) is 11.0. The van der Waals surface area contributed by atoms with Crippen molar-refractivity contribution in [3.8, 4) is 28.0 Å². The molecule has 0 aliphatic heterocycles. The van der Waals surface area contributed by atoms with E-state index in [2.05, 4.69) is 46.6 Å². The van der Waals surface area contributed by atoms with Crippen LogP contribution in [0, 0.1) is 0 Å². The van der Waals surface area contributed by atoms with Crippen molar-refractivity contribution < 1.29 is 52.1 Å². The van der Waals surface area contributed by atoms with Gasteiger partial charge in [0.05, 0.1) is 5.41 Å². The summed E-state index contributed by atoms with van der Waals surface area (Å²) in [7, 11) is -7.08. The van der Waals surface area contributed by atoms with Gasteiger partial charge in [0.25, 0.3) is 0 Å². The van der Waals surface area contributed by atoms with Crippen molar-refractivity contribution in [2.24, 2.45) is 0 Å². The van der Waals surface area contributed by atoms with Gasteiger partial charge in [-0.1, -0.05) is 115 Å². The van der Waals surface area contributed by atoms with Gasteiger partial charge in [-0.25, -0.2) is 0 Å². The van der Waals surface area contributed by atoms with Gasteiger partial charge in [0.15, 0.2) is 0 Å². The zero-order chi connectivity index (χ0) is 37.3. The molecular formula is C39H23F9O3S. The number of hydrogen-bond donors (Lipinski definition) is 0. The van der Waals surface area contributed by atoms with E-state index in [1.807, 2.05) is 60.7 Å². The quantitative estimate of drug-likeness (QED) is 0.115. The van der Waals surface area contributed by atoms with E-state index < -0.39 is 44.6 Å². The second-order valence-electron chi connectivity index (χ2n) is 12.2. The molecule has 0 aromatic heterocycles. The minimum Gasteiger partial charge on any atom is -0.378 e. The molecule has 7 rings (SSSR count). The lowest BCUT2D eigenvalue weighted by molar-refractivity contribution is -0.382. The Kier molecular flexibility index (Phi) is 8.02. The van der Waals surface area contributed by atoms with E-state index in [0.717, 1.165) is 51.1 Å². The topological polar surface area (TPSA) is 43.4 Å². The number of rotatable bonds is 8. The van der Waals surface area contributed by atoms with Crippen LogP contribution in [0.15, 0.2) is 140 Å². The summed E-state index contributed by atoms with van der Waals surface area (Å²) < 4.78 is 149. The smallest absolute Gasteiger partial charge is 0.378 e. The molecule has 0 radical (unpaired) electrons. The van der Waals surface area contributed by atoms with Gasteiger partial charge in [0.1, 0.15) is 5.75 Å². The summed E-state index contributed by atoms with van der Waals surface area (Å²) in [6.07, 6.45) is -7.19. The van der Waals surface area contributed by atoms with Crippen LogP contribution in [-0.4, -0.2) is 31.7 Å². The first kappa shape index (κ1) is 35.1. The van der Waals surface area contributed by atoms with Gasteiger partial charge in [-0.05, 0) is 79.5 Å². The highest BCUT2D eigenvalue weighted by Gasteiger charge is 2.86. The third-order valence-electron chi connectivity index (χ3n) is 9.24. The number of halogens is 9. The number of benzene rings is 6. The monoisotopic (exact) mass is 742 g/mol. The van der Waals surface area contributed by atoms with E-state index in [-0.39, 0.29) is 5.39 Å². The van der Waals surface area contributed by atoms with Crippen molar-refractivity contribution in [2.45, 2.75) is 28.7 Å². The maximum Gasteiger partial charge on any atom is 0.460 e. The molecule has 13 heteroatoms. The Morgan fingerprint density at radius 1 is 0.481 bits per heavy atom. The summed E-state index contributed by atoms with van der Waals surface area (Å²) in [5, 5.41) is -6.41. The van der Waals surface area contributed by atoms with E-state index in [1.54, 1.807) is 12.1 Å². The first-order chi connectivity index (χ1) is 24.4. The Hall–Kier alpha value is -5.30. The maximum absolute atomic E-state index is 14.3. The van der Waals surface area contributed by atoms with Crippen LogP contribution in [0.3, 0.4) is 0 Å². The van der Waals surface area contributed by atoms with Crippen LogP contribution in [0.2, 0.25) is 0 Å². The molecule has 0 unspecified atom stereocenters. The van der Waals surface area contributed by atoms with Crippen molar-refractivity contribution in [3.05, 3.63) is 162 Å². The zero-order valence-corrected chi connectivity index (χ0v) is 27.1. The number of hydrogen-bond acceptors (Lipinski definition) is 3. The van der Waals surface area contributed by atoms with Crippen LogP contribution in [0.4, 0.5) is 39.5 Å². The van der Waals surface area contributed by atoms with Crippen LogP contribution in [-0.2, 0) is 15.5 Å². The molecule has 0 N–H and O–H groups in total. The second kappa shape index (κ2) is 11.9. The fourth-order valence-corrected chi connectivity index (χ4v) is 7.68. The molecule has 0 bridgehead atoms. The van der Waals surface area contributed by atoms with Crippen LogP contribution >= 0.6 is 0 Å². The Balaban J connectivity index is 1.28. The molecule has 1 aliphatic carbocycles. The average Bonchev–Trinajstić information content (AvgIpc) is 3.41. The Labute approximate surface area is 291 Å². The van der Waals surface area contributed by atoms with Gasteiger partial charge in [0, 0.05) is 0 Å². The van der Waals surface area contributed by atoms with E-state index in [4.69, 9.17) is 0 Å². The van der Waals surface area contributed by atoms with Gasteiger partial charge in [-0.15, -0.1) is 0 Å². The van der Waals surface area contributed by atoms with Crippen LogP contribution in [0.1, 0.15) is 22.3 Å². The van der Waals surface area contributed by atoms with Crippen molar-refractivity contribution in [1.29, 1.82) is 0 Å². The minimum atomic E-state index is -7.40. The Bertz CT molecular complexity index is 2390. The van der Waals surface area contributed by atoms with Crippen LogP contribution in [0.25, 0.3) is 33.0 Å². The normalized spacial score (nSPS) is 14.6. The predicted molar refractivity (Wildman–Crippen MR) is 177 cm³/mol. The third-order valence-corrected chi connectivity index (χ3v) is 10.5. The highest BCUT2D eigenvalue weighted by molar-refractivity contribution is 7.88. The van der Waals surface area contributed by atoms with Crippen LogP contribution in [0.5, 0.6) is 5.75 Å². The van der Waals surface area contributed by atoms with Crippen molar-refractivity contribution >= 4 is 20.9 Å². The molecule has 0 atom stereocenters. The molecule has 6 aromatic rings. The Morgan fingerprint density at radius 2 is 0.981 bits per heavy atom. The molecule has 1 aliphatic rings. The zero-order valence-electron chi connectivity index (χ0n) is 26.3. The van der Waals surface area contributed by atoms with Gasteiger partial charge in [0.2, 0.25) is 0 Å². The summed E-state index contributed by atoms with van der Waals surface area (Å²) in [6, 6.07) is 41.8. The van der Waals surface area contributed by atoms with Crippen LogP contribution < -0.4 is 4.18 Å². The molecule has 52 heavy (non-hydrogen) atoms. The van der Waals surface area contributed by atoms with Gasteiger partial charge < -0.3 is 4.18 Å². The summed E-state index contributed by atoms with van der Waals surface area (Å²) >= 11 is 0. The van der Waals surface area contributed by atoms with Gasteiger partial charge >= 0.3 is 33.4 Å². The average molecular weight is 743 g/mol. The minimum absolute atomic E-state index is 0.156. The van der Waals surface area contributed by atoms with E-state index in [0.29, 0.717) is 10.9 Å². The lowest BCUT2D eigenvalue weighted by atomic mass is 9.67. The molecule has 0 saturated carbocycles. The maximum atomic E-state index is 14.3. The molecule has 3 nitrogen and oxygen atoms in total. The standard InChI is InChI=1S/C39H23F9O3S/c40-36(41,38(44,45)46)37(42,43)39(47,48)52(49,50)51-30-19-17-25-21-24(15-16-26(25)22-30)27-18-20-32-31-13-7-8-14-33(31)35(34(32)23-27,28-9-3-1-4-10-28)29-11-5-2-6-12-29/h1-23H. The Morgan fingerprint density at radius 3 is 1.60 bits per heavy atom. The third kappa shape index (κ3) is 5.07. The van der Waals surface area contributed by atoms with Gasteiger partial charge in [-0.2, -0.15) is 47.9 Å². The number of alkyl halides is 9. The number of fused-ring (bicyclic) bond motifs is 4. The van der Waals surface area contributed by atoms with E-state index in [1.165, 1.54) is 12.1 Å². The second-order valence-corrected chi connectivity index (χ2v) is 13.8. The summed E-state index contributed by atoms with van der Waals surface area (Å²) in [5.74, 6) is -15.8. The molecule has 0 fully saturated rings. The lowest BCUT2D eigenvalue weighted by Crippen LogP contribution is -2.63. The van der Waals surface area contributed by atoms with E-state index >= 15 is 0 Å². The van der Waals surface area contributed by atoms with Crippen molar-refractivity contribution in [3.63, 3.8) is 0 Å². The fourth-order valence-electron chi connectivity index (χ4n) is 6.78. The summed E-state index contributed by atoms with van der Waals surface area (Å²) in [6.45, 7) is 0. The van der Waals surface area contributed by atoms with Gasteiger partial charge in [-0.3, -0.25) is 0 Å². The molecule has 6 aromatic carbocycles. The fraction of sp³-hybridized carbons (Fsp3) is 0.128. The SMILES string of the molecule is O=S(=O)(Oc1ccc2cc(-c3ccc4c(c3)C(c3ccccc3)(c3ccccc3)c3ccccc3-4)ccc2c1)C(F)(F)C(F)(F)C(F)(F)C(F)(F)F. The van der Waals surface area contributed by atoms with Crippen molar-refractivity contribution in [2.75, 3.05) is 0 Å². The molecule has 0 amide bonds. The largest absolute Gasteiger partial charge is 0.460 e. The van der Waals surface area contributed by atoms with Crippen molar-refractivity contribution in [1.82, 2.24) is 0 Å². The molecule has 0 spiro atoms. The van der Waals surface area contributed by atoms with E-state index in [9.17, 15) is 47.9 Å². The highest BCUT2D eigenvalue weighted by atomic mass is 32.2. The molecular weight excluding hydrogens is 719 g/mol. The first-order valence-corrected chi connectivity index (χ1v) is 16.9. The molecule has 0 saturated heterocycles. The summed E-state index contributed by atoms with van der Waals surface area (Å²) in [4.78, 5) is 0. The lowest BCUT2D eigenvalue weighted by Gasteiger charge is -2.34. The molecule has 266 valence electrons. The summed E-state index contributed by atoms with van der Waals surface area (Å²) in [5.41, 5.74) is 7.02. The molecule has 0 heterocycles.